The van der Waals surface area contributed by atoms with E-state index < -0.39 is 18.0 Å². The molecule has 0 aromatic heterocycles. The summed E-state index contributed by atoms with van der Waals surface area (Å²) in [5.41, 5.74) is 0.338. The normalized spacial score (nSPS) is 12.1. The molecule has 0 spiro atoms. The van der Waals surface area contributed by atoms with Crippen LogP contribution in [0.15, 0.2) is 22.7 Å². The van der Waals surface area contributed by atoms with Gasteiger partial charge in [-0.05, 0) is 18.2 Å². The van der Waals surface area contributed by atoms with E-state index in [1.807, 2.05) is 0 Å². The predicted octanol–water partition coefficient (Wildman–Crippen LogP) is 2.06. The van der Waals surface area contributed by atoms with Crippen molar-refractivity contribution in [2.24, 2.45) is 0 Å². The van der Waals surface area contributed by atoms with Crippen molar-refractivity contribution in [3.05, 3.63) is 28.5 Å². The molecule has 1 unspecified atom stereocenters. The quantitative estimate of drug-likeness (QED) is 0.866. The van der Waals surface area contributed by atoms with Gasteiger partial charge < -0.3 is 20.1 Å². The van der Waals surface area contributed by atoms with E-state index in [2.05, 4.69) is 21.2 Å². The summed E-state index contributed by atoms with van der Waals surface area (Å²) in [5.74, 6) is -0.452. The lowest BCUT2D eigenvalue weighted by molar-refractivity contribution is 0.0501. The zero-order valence-electron chi connectivity index (χ0n) is 10.7. The van der Waals surface area contributed by atoms with Crippen molar-refractivity contribution in [3.63, 3.8) is 0 Å². The summed E-state index contributed by atoms with van der Waals surface area (Å²) in [6.45, 7) is 0.263. The highest BCUT2D eigenvalue weighted by Gasteiger charge is 2.14. The molecule has 2 amide bonds. The van der Waals surface area contributed by atoms with E-state index in [0.717, 1.165) is 0 Å². The highest BCUT2D eigenvalue weighted by atomic mass is 79.9. The second-order valence-corrected chi connectivity index (χ2v) is 4.99. The number of hydrogen-bond donors (Lipinski definition) is 2. The van der Waals surface area contributed by atoms with Gasteiger partial charge in [0.15, 0.2) is 0 Å². The minimum absolute atomic E-state index is 0.121. The number of halogens is 2. The lowest BCUT2D eigenvalue weighted by atomic mass is 10.3. The molecule has 0 fully saturated rings. The maximum atomic E-state index is 13.1. The minimum atomic E-state index is -0.764. The van der Waals surface area contributed by atoms with Crippen LogP contribution in [0.3, 0.4) is 0 Å². The topological polar surface area (TPSA) is 61.8 Å². The molecule has 0 saturated carbocycles. The Kier molecular flexibility index (Phi) is 6.20. The Balaban J connectivity index is 2.58. The van der Waals surface area contributed by atoms with Crippen LogP contribution in [0.1, 0.15) is 0 Å². The Labute approximate surface area is 119 Å². The van der Waals surface area contributed by atoms with Crippen LogP contribution in [0.25, 0.3) is 0 Å². The van der Waals surface area contributed by atoms with E-state index in [1.54, 1.807) is 6.07 Å². The number of urea groups is 1. The van der Waals surface area contributed by atoms with Crippen LogP contribution in [-0.4, -0.2) is 49.5 Å². The van der Waals surface area contributed by atoms with Crippen molar-refractivity contribution in [2.75, 3.05) is 32.6 Å². The SMILES string of the molecule is COCC(O)CN(C)C(=O)Nc1cc(F)cc(Br)c1. The third-order valence-corrected chi connectivity index (χ3v) is 2.76. The highest BCUT2D eigenvalue weighted by molar-refractivity contribution is 9.10. The summed E-state index contributed by atoms with van der Waals surface area (Å²) in [6, 6.07) is 3.65. The predicted molar refractivity (Wildman–Crippen MR) is 73.6 cm³/mol. The number of likely N-dealkylation sites (N-methyl/N-ethyl adjacent to an activating group) is 1. The number of ether oxygens (including phenoxy) is 1. The first-order valence-electron chi connectivity index (χ1n) is 5.57. The summed E-state index contributed by atoms with van der Waals surface area (Å²) < 4.78 is 18.4. The molecule has 1 atom stereocenters. The molecule has 106 valence electrons. The van der Waals surface area contributed by atoms with Gasteiger partial charge in [-0.2, -0.15) is 0 Å². The molecule has 0 aliphatic carbocycles. The summed E-state index contributed by atoms with van der Waals surface area (Å²) in [4.78, 5) is 13.1. The van der Waals surface area contributed by atoms with Crippen LogP contribution >= 0.6 is 15.9 Å². The molecule has 1 rings (SSSR count). The first kappa shape index (κ1) is 15.9. The van der Waals surface area contributed by atoms with Crippen LogP contribution < -0.4 is 5.32 Å². The van der Waals surface area contributed by atoms with Crippen LogP contribution in [-0.2, 0) is 4.74 Å². The molecule has 2 N–H and O–H groups in total. The molecule has 0 aliphatic heterocycles. The Morgan fingerprint density at radius 1 is 1.58 bits per heavy atom. The van der Waals surface area contributed by atoms with Gasteiger partial charge in [0.1, 0.15) is 5.82 Å². The van der Waals surface area contributed by atoms with Crippen molar-refractivity contribution < 1.29 is 19.0 Å². The van der Waals surface area contributed by atoms with Crippen LogP contribution in [0, 0.1) is 5.82 Å². The standard InChI is InChI=1S/C12H16BrFN2O3/c1-16(6-11(17)7-19-2)12(18)15-10-4-8(13)3-9(14)5-10/h3-5,11,17H,6-7H2,1-2H3,(H,15,18). The lowest BCUT2D eigenvalue weighted by Gasteiger charge is -2.21. The molecule has 7 heteroatoms. The third kappa shape index (κ3) is 5.54. The summed E-state index contributed by atoms with van der Waals surface area (Å²) >= 11 is 3.14. The van der Waals surface area contributed by atoms with Crippen molar-refractivity contribution >= 4 is 27.6 Å². The number of carbonyl (C=O) groups is 1. The number of rotatable bonds is 5. The number of amides is 2. The van der Waals surface area contributed by atoms with Crippen molar-refractivity contribution in [1.82, 2.24) is 4.90 Å². The summed E-state index contributed by atoms with van der Waals surface area (Å²) in [6.07, 6.45) is -0.764. The number of aliphatic hydroxyl groups excluding tert-OH is 1. The van der Waals surface area contributed by atoms with E-state index in [0.29, 0.717) is 10.2 Å². The molecule has 5 nitrogen and oxygen atoms in total. The number of anilines is 1. The molecular weight excluding hydrogens is 319 g/mol. The number of hydrogen-bond acceptors (Lipinski definition) is 3. The molecule has 0 heterocycles. The molecular formula is C12H16BrFN2O3. The second-order valence-electron chi connectivity index (χ2n) is 4.08. The molecule has 0 aliphatic rings. The monoisotopic (exact) mass is 334 g/mol. The van der Waals surface area contributed by atoms with Crippen molar-refractivity contribution in [3.8, 4) is 0 Å². The Morgan fingerprint density at radius 3 is 2.84 bits per heavy atom. The highest BCUT2D eigenvalue weighted by Crippen LogP contribution is 2.18. The molecule has 1 aromatic carbocycles. The minimum Gasteiger partial charge on any atom is -0.389 e. The second kappa shape index (κ2) is 7.42. The number of benzene rings is 1. The molecule has 0 saturated heterocycles. The van der Waals surface area contributed by atoms with Gasteiger partial charge in [-0.15, -0.1) is 0 Å². The van der Waals surface area contributed by atoms with Crippen LogP contribution in [0.2, 0.25) is 0 Å². The first-order valence-corrected chi connectivity index (χ1v) is 6.37. The number of aliphatic hydroxyl groups is 1. The van der Waals surface area contributed by atoms with E-state index in [-0.39, 0.29) is 13.2 Å². The fourth-order valence-electron chi connectivity index (χ4n) is 1.49. The Bertz CT molecular complexity index is 425. The van der Waals surface area contributed by atoms with E-state index in [1.165, 1.54) is 31.2 Å². The van der Waals surface area contributed by atoms with Gasteiger partial charge >= 0.3 is 6.03 Å². The molecule has 1 aromatic rings. The third-order valence-electron chi connectivity index (χ3n) is 2.30. The number of carbonyl (C=O) groups excluding carboxylic acids is 1. The Morgan fingerprint density at radius 2 is 2.26 bits per heavy atom. The largest absolute Gasteiger partial charge is 0.389 e. The lowest BCUT2D eigenvalue weighted by Crippen LogP contribution is -2.38. The fraction of sp³-hybridized carbons (Fsp3) is 0.417. The van der Waals surface area contributed by atoms with Gasteiger partial charge in [-0.1, -0.05) is 15.9 Å². The molecule has 0 radical (unpaired) electrons. The Hall–Kier alpha value is -1.18. The summed E-state index contributed by atoms with van der Waals surface area (Å²) in [7, 11) is 3.00. The van der Waals surface area contributed by atoms with Gasteiger partial charge in [0, 0.05) is 24.3 Å². The molecule has 0 bridgehead atoms. The van der Waals surface area contributed by atoms with Crippen LogP contribution in [0.5, 0.6) is 0 Å². The zero-order chi connectivity index (χ0) is 14.4. The number of nitrogens with zero attached hydrogens (tertiary/aromatic N) is 1. The first-order chi connectivity index (χ1) is 8.92. The van der Waals surface area contributed by atoms with Gasteiger partial charge in [0.2, 0.25) is 0 Å². The van der Waals surface area contributed by atoms with Crippen molar-refractivity contribution in [1.29, 1.82) is 0 Å². The van der Waals surface area contributed by atoms with E-state index in [4.69, 9.17) is 4.74 Å². The van der Waals surface area contributed by atoms with Crippen LogP contribution in [0.4, 0.5) is 14.9 Å². The number of nitrogens with one attached hydrogen (secondary N) is 1. The smallest absolute Gasteiger partial charge is 0.321 e. The van der Waals surface area contributed by atoms with Crippen molar-refractivity contribution in [2.45, 2.75) is 6.10 Å². The average Bonchev–Trinajstić information content (AvgIpc) is 2.27. The number of methoxy groups -OCH3 is 1. The van der Waals surface area contributed by atoms with Gasteiger partial charge in [0.25, 0.3) is 0 Å². The van der Waals surface area contributed by atoms with E-state index >= 15 is 0 Å². The maximum absolute atomic E-state index is 13.1. The fourth-order valence-corrected chi connectivity index (χ4v) is 1.95. The maximum Gasteiger partial charge on any atom is 0.321 e. The zero-order valence-corrected chi connectivity index (χ0v) is 12.3. The van der Waals surface area contributed by atoms with E-state index in [9.17, 15) is 14.3 Å². The van der Waals surface area contributed by atoms with Gasteiger partial charge in [-0.25, -0.2) is 9.18 Å². The van der Waals surface area contributed by atoms with Gasteiger partial charge in [-0.3, -0.25) is 0 Å². The van der Waals surface area contributed by atoms with Gasteiger partial charge in [0.05, 0.1) is 19.3 Å². The molecule has 19 heavy (non-hydrogen) atoms. The summed E-state index contributed by atoms with van der Waals surface area (Å²) in [5, 5.41) is 12.0. The average molecular weight is 335 g/mol.